The Balaban J connectivity index is 1.45. The van der Waals surface area contributed by atoms with E-state index in [1.165, 1.54) is 21.7 Å². The number of anilines is 1. The van der Waals surface area contributed by atoms with Gasteiger partial charge in [0.2, 0.25) is 0 Å². The van der Waals surface area contributed by atoms with Crippen LogP contribution in [0.25, 0.3) is 17.8 Å². The third-order valence-electron chi connectivity index (χ3n) is 6.46. The summed E-state index contributed by atoms with van der Waals surface area (Å²) in [7, 11) is 1.59. The molecule has 11 heteroatoms. The van der Waals surface area contributed by atoms with Gasteiger partial charge >= 0.3 is 0 Å². The van der Waals surface area contributed by atoms with E-state index in [-0.39, 0.29) is 27.2 Å². The lowest BCUT2D eigenvalue weighted by Gasteiger charge is -2.14. The number of allylic oxidation sites excluding steroid dienone is 3. The molecule has 1 amide bonds. The average molecular weight is 594 g/mol. The summed E-state index contributed by atoms with van der Waals surface area (Å²) in [5.41, 5.74) is 2.64. The third kappa shape index (κ3) is 4.75. The highest BCUT2D eigenvalue weighted by molar-refractivity contribution is 6.40. The van der Waals surface area contributed by atoms with Crippen LogP contribution in [0, 0.1) is 13.8 Å². The number of fused-ring (bicyclic) bond motifs is 1. The van der Waals surface area contributed by atoms with E-state index in [1.54, 1.807) is 63.4 Å². The zero-order valence-electron chi connectivity index (χ0n) is 21.5. The number of carbonyl (C=O) groups is 1. The molecule has 202 valence electrons. The van der Waals surface area contributed by atoms with Crippen LogP contribution in [0.3, 0.4) is 0 Å². The summed E-state index contributed by atoms with van der Waals surface area (Å²) in [6.45, 7) is 3.43. The molecule has 5 rings (SSSR count). The first-order valence-electron chi connectivity index (χ1n) is 12.0. The van der Waals surface area contributed by atoms with Crippen molar-refractivity contribution in [1.29, 1.82) is 0 Å². The van der Waals surface area contributed by atoms with Crippen molar-refractivity contribution in [2.24, 2.45) is 12.1 Å². The maximum absolute atomic E-state index is 13.2. The Bertz CT molecular complexity index is 1900. The molecular formula is C29H21Cl3N5O3-. The lowest BCUT2D eigenvalue weighted by Crippen LogP contribution is -2.44. The van der Waals surface area contributed by atoms with Crippen LogP contribution in [0.5, 0.6) is 5.88 Å². The largest absolute Gasteiger partial charge is 0.858 e. The molecule has 0 N–H and O–H groups in total. The SMILES string of the molecule is Cc1nn(-c2c(Cl)cc(Cl)cc2Cl)c([O-])c1/C=C/C=C/C=c1/c(C)c2c(n(C)c1=O)=NN(c1ccccc1)C2=O. The number of pyridine rings is 1. The zero-order valence-corrected chi connectivity index (χ0v) is 23.8. The van der Waals surface area contributed by atoms with Gasteiger partial charge in [0.15, 0.2) is 5.49 Å². The summed E-state index contributed by atoms with van der Waals surface area (Å²) in [5.74, 6) is -0.699. The number of halogens is 3. The second-order valence-corrected chi connectivity index (χ2v) is 10.2. The van der Waals surface area contributed by atoms with Crippen LogP contribution in [0.15, 0.2) is 70.6 Å². The quantitative estimate of drug-likeness (QED) is 0.319. The average Bonchev–Trinajstić information content (AvgIpc) is 3.40. The minimum atomic E-state index is -0.397. The van der Waals surface area contributed by atoms with Crippen molar-refractivity contribution >= 4 is 58.5 Å². The standard InChI is InChI=1S/C29H22Cl3N5O3/c1-16-20(27(38)35(3)26-24(16)29(40)36(34-26)19-10-6-4-7-11-19)12-8-5-9-13-21-17(2)33-37(28(21)39)25-22(31)14-18(30)15-23(25)32/h4-15,39H,1-3H3/p-1/b8-5+,13-9+,20-12-. The predicted octanol–water partition coefficient (Wildman–Crippen LogP) is 4.47. The van der Waals surface area contributed by atoms with Gasteiger partial charge in [-0.05, 0) is 55.6 Å². The maximum atomic E-state index is 13.2. The molecule has 0 spiro atoms. The first kappa shape index (κ1) is 27.5. The van der Waals surface area contributed by atoms with E-state index in [1.807, 2.05) is 18.2 Å². The van der Waals surface area contributed by atoms with Gasteiger partial charge in [-0.3, -0.25) is 14.2 Å². The Hall–Kier alpha value is -4.11. The monoisotopic (exact) mass is 592 g/mol. The lowest BCUT2D eigenvalue weighted by atomic mass is 10.1. The van der Waals surface area contributed by atoms with Crippen molar-refractivity contribution in [1.82, 2.24) is 14.3 Å². The Kier molecular flexibility index (Phi) is 7.42. The summed E-state index contributed by atoms with van der Waals surface area (Å²) in [4.78, 5) is 26.3. The van der Waals surface area contributed by atoms with Gasteiger partial charge in [0.05, 0.1) is 27.0 Å². The number of aromatic nitrogens is 3. The van der Waals surface area contributed by atoms with Gasteiger partial charge < -0.3 is 5.11 Å². The molecule has 8 nitrogen and oxygen atoms in total. The normalized spacial score (nSPS) is 13.6. The zero-order chi connectivity index (χ0) is 28.7. The molecule has 2 aromatic heterocycles. The van der Waals surface area contributed by atoms with Crippen molar-refractivity contribution in [3.8, 4) is 11.6 Å². The second-order valence-electron chi connectivity index (χ2n) is 9.00. The number of hydrogen-bond acceptors (Lipinski definition) is 5. The fourth-order valence-corrected chi connectivity index (χ4v) is 5.41. The topological polar surface area (TPSA) is 95.5 Å². The predicted molar refractivity (Wildman–Crippen MR) is 156 cm³/mol. The summed E-state index contributed by atoms with van der Waals surface area (Å²) in [6, 6.07) is 12.0. The van der Waals surface area contributed by atoms with Crippen LogP contribution in [-0.2, 0) is 7.05 Å². The number of carbonyl (C=O) groups excluding carboxylic acids is 1. The maximum Gasteiger partial charge on any atom is 0.282 e. The van der Waals surface area contributed by atoms with Crippen LogP contribution in [0.1, 0.15) is 27.2 Å². The molecule has 4 aromatic rings. The van der Waals surface area contributed by atoms with E-state index in [4.69, 9.17) is 34.8 Å². The molecule has 2 aromatic carbocycles. The van der Waals surface area contributed by atoms with Crippen molar-refractivity contribution in [3.63, 3.8) is 0 Å². The minimum absolute atomic E-state index is 0.201. The molecular weight excluding hydrogens is 573 g/mol. The smallest absolute Gasteiger partial charge is 0.282 e. The van der Waals surface area contributed by atoms with Crippen LogP contribution >= 0.6 is 34.8 Å². The molecule has 0 unspecified atom stereocenters. The van der Waals surface area contributed by atoms with Crippen LogP contribution < -0.4 is 26.4 Å². The highest BCUT2D eigenvalue weighted by Crippen LogP contribution is 2.35. The van der Waals surface area contributed by atoms with Gasteiger partial charge in [0, 0.05) is 22.9 Å². The fraction of sp³-hybridized carbons (Fsp3) is 0.103. The number of nitrogens with zero attached hydrogens (tertiary/aromatic N) is 5. The highest BCUT2D eigenvalue weighted by atomic mass is 35.5. The Labute approximate surface area is 244 Å². The summed E-state index contributed by atoms with van der Waals surface area (Å²) >= 11 is 18.5. The molecule has 3 heterocycles. The number of para-hydroxylation sites is 1. The summed E-state index contributed by atoms with van der Waals surface area (Å²) < 4.78 is 2.51. The van der Waals surface area contributed by atoms with E-state index in [2.05, 4.69) is 10.2 Å². The van der Waals surface area contributed by atoms with Crippen LogP contribution in [0.2, 0.25) is 15.1 Å². The van der Waals surface area contributed by atoms with Crippen molar-refractivity contribution in [2.45, 2.75) is 13.8 Å². The molecule has 40 heavy (non-hydrogen) atoms. The van der Waals surface area contributed by atoms with Gasteiger partial charge in [0.25, 0.3) is 11.5 Å². The van der Waals surface area contributed by atoms with E-state index in [9.17, 15) is 14.7 Å². The van der Waals surface area contributed by atoms with Gasteiger partial charge in [0.1, 0.15) is 5.69 Å². The molecule has 0 saturated heterocycles. The van der Waals surface area contributed by atoms with E-state index in [0.717, 1.165) is 4.68 Å². The Morgan fingerprint density at radius 3 is 2.30 bits per heavy atom. The van der Waals surface area contributed by atoms with Gasteiger partial charge in [-0.2, -0.15) is 10.1 Å². The van der Waals surface area contributed by atoms with Crippen molar-refractivity contribution < 1.29 is 9.90 Å². The summed E-state index contributed by atoms with van der Waals surface area (Å²) in [6.07, 6.45) is 8.23. The molecule has 1 aliphatic rings. The van der Waals surface area contributed by atoms with E-state index in [0.29, 0.717) is 43.8 Å². The van der Waals surface area contributed by atoms with Gasteiger partial charge in [-0.1, -0.05) is 77.3 Å². The number of benzene rings is 2. The van der Waals surface area contributed by atoms with Crippen molar-refractivity contribution in [3.05, 3.63) is 119 Å². The molecule has 0 radical (unpaired) electrons. The lowest BCUT2D eigenvalue weighted by molar-refractivity contribution is -0.278. The number of aryl methyl sites for hydroxylation is 1. The first-order valence-corrected chi connectivity index (χ1v) is 13.2. The van der Waals surface area contributed by atoms with Crippen molar-refractivity contribution in [2.75, 3.05) is 5.01 Å². The second kappa shape index (κ2) is 10.8. The molecule has 0 fully saturated rings. The molecule has 0 saturated carbocycles. The number of amides is 1. The van der Waals surface area contributed by atoms with Crippen LogP contribution in [-0.4, -0.2) is 20.3 Å². The van der Waals surface area contributed by atoms with Gasteiger partial charge in [-0.25, -0.2) is 4.68 Å². The number of rotatable bonds is 5. The third-order valence-corrected chi connectivity index (χ3v) is 7.26. The molecule has 1 aliphatic heterocycles. The highest BCUT2D eigenvalue weighted by Gasteiger charge is 2.29. The first-order chi connectivity index (χ1) is 19.1. The fourth-order valence-electron chi connectivity index (χ4n) is 4.43. The van der Waals surface area contributed by atoms with Crippen LogP contribution in [0.4, 0.5) is 5.69 Å². The van der Waals surface area contributed by atoms with Gasteiger partial charge in [-0.15, -0.1) is 5.10 Å². The van der Waals surface area contributed by atoms with E-state index < -0.39 is 5.88 Å². The molecule has 0 aliphatic carbocycles. The minimum Gasteiger partial charge on any atom is -0.858 e. The Morgan fingerprint density at radius 2 is 1.62 bits per heavy atom. The summed E-state index contributed by atoms with van der Waals surface area (Å²) in [5, 5.41) is 24.2. The molecule has 0 atom stereocenters. The molecule has 0 bridgehead atoms. The van der Waals surface area contributed by atoms with E-state index >= 15 is 0 Å². The number of hydrogen-bond donors (Lipinski definition) is 0. The Morgan fingerprint density at radius 1 is 0.950 bits per heavy atom.